The highest BCUT2D eigenvalue weighted by atomic mass is 16.5. The molecule has 1 heterocycles. The van der Waals surface area contributed by atoms with Gasteiger partial charge in [-0.1, -0.05) is 32.0 Å². The van der Waals surface area contributed by atoms with Crippen molar-refractivity contribution >= 4 is 0 Å². The minimum atomic E-state index is 0.456. The third-order valence-electron chi connectivity index (χ3n) is 4.18. The first-order chi connectivity index (χ1) is 8.18. The minimum absolute atomic E-state index is 0.456. The van der Waals surface area contributed by atoms with Crippen LogP contribution in [0.15, 0.2) is 24.3 Å². The smallest absolute Gasteiger partial charge is 0.124 e. The van der Waals surface area contributed by atoms with Crippen molar-refractivity contribution < 1.29 is 4.74 Å². The highest BCUT2D eigenvalue weighted by Gasteiger charge is 2.38. The molecule has 0 saturated heterocycles. The van der Waals surface area contributed by atoms with Gasteiger partial charge in [-0.25, -0.2) is 0 Å². The Labute approximate surface area is 103 Å². The predicted octanol–water partition coefficient (Wildman–Crippen LogP) is 3.15. The molecule has 0 spiro atoms. The number of hydrogen-bond donors (Lipinski definition) is 1. The maximum Gasteiger partial charge on any atom is 0.124 e. The van der Waals surface area contributed by atoms with Gasteiger partial charge in [0.2, 0.25) is 0 Å². The molecule has 2 unspecified atom stereocenters. The van der Waals surface area contributed by atoms with E-state index in [1.54, 1.807) is 0 Å². The molecule has 1 saturated carbocycles. The Bertz CT molecular complexity index is 411. The lowest BCUT2D eigenvalue weighted by Crippen LogP contribution is -2.36. The average molecular weight is 231 g/mol. The average Bonchev–Trinajstić information content (AvgIpc) is 3.06. The van der Waals surface area contributed by atoms with Crippen LogP contribution in [0, 0.1) is 11.3 Å². The van der Waals surface area contributed by atoms with Crippen LogP contribution in [0.5, 0.6) is 5.75 Å². The first kappa shape index (κ1) is 11.1. The van der Waals surface area contributed by atoms with Gasteiger partial charge in [0, 0.05) is 24.1 Å². The number of para-hydroxylation sites is 1. The lowest BCUT2D eigenvalue weighted by molar-refractivity contribution is 0.184. The zero-order chi connectivity index (χ0) is 11.9. The fourth-order valence-corrected chi connectivity index (χ4v) is 2.55. The van der Waals surface area contributed by atoms with Crippen molar-refractivity contribution in [2.75, 3.05) is 13.2 Å². The third kappa shape index (κ3) is 2.19. The predicted molar refractivity (Wildman–Crippen MR) is 69.2 cm³/mol. The summed E-state index contributed by atoms with van der Waals surface area (Å²) in [6, 6.07) is 8.88. The van der Waals surface area contributed by atoms with Crippen molar-refractivity contribution in [1.29, 1.82) is 0 Å². The molecule has 2 nitrogen and oxygen atoms in total. The first-order valence-electron chi connectivity index (χ1n) is 6.63. The number of benzene rings is 1. The first-order valence-corrected chi connectivity index (χ1v) is 6.63. The summed E-state index contributed by atoms with van der Waals surface area (Å²) in [7, 11) is 0. The monoisotopic (exact) mass is 231 g/mol. The topological polar surface area (TPSA) is 21.3 Å². The van der Waals surface area contributed by atoms with Crippen molar-refractivity contribution in [3.8, 4) is 5.75 Å². The van der Waals surface area contributed by atoms with Gasteiger partial charge in [0.1, 0.15) is 5.75 Å². The van der Waals surface area contributed by atoms with E-state index < -0.39 is 0 Å². The molecular formula is C15H21NO. The van der Waals surface area contributed by atoms with Gasteiger partial charge >= 0.3 is 0 Å². The quantitative estimate of drug-likeness (QED) is 0.863. The number of nitrogens with one attached hydrogen (secondary N) is 1. The molecule has 17 heavy (non-hydrogen) atoms. The number of ether oxygens (including phenoxy) is 1. The summed E-state index contributed by atoms with van der Waals surface area (Å²) in [5.41, 5.74) is 1.89. The van der Waals surface area contributed by atoms with Crippen molar-refractivity contribution in [2.24, 2.45) is 11.3 Å². The molecule has 1 aliphatic carbocycles. The van der Waals surface area contributed by atoms with Gasteiger partial charge in [0.15, 0.2) is 0 Å². The molecule has 1 N–H and O–H groups in total. The van der Waals surface area contributed by atoms with Gasteiger partial charge < -0.3 is 10.1 Å². The summed E-state index contributed by atoms with van der Waals surface area (Å²) < 4.78 is 5.77. The molecule has 1 aliphatic heterocycles. The summed E-state index contributed by atoms with van der Waals surface area (Å²) in [6.07, 6.45) is 2.75. The Morgan fingerprint density at radius 3 is 2.88 bits per heavy atom. The summed E-state index contributed by atoms with van der Waals surface area (Å²) in [4.78, 5) is 0. The summed E-state index contributed by atoms with van der Waals surface area (Å²) in [5.74, 6) is 1.61. The Balaban J connectivity index is 1.77. The van der Waals surface area contributed by atoms with Gasteiger partial charge in [-0.3, -0.25) is 0 Å². The third-order valence-corrected chi connectivity index (χ3v) is 4.18. The van der Waals surface area contributed by atoms with Crippen LogP contribution in [0.2, 0.25) is 0 Å². The van der Waals surface area contributed by atoms with Crippen molar-refractivity contribution in [2.45, 2.75) is 32.7 Å². The zero-order valence-electron chi connectivity index (χ0n) is 10.7. The fraction of sp³-hybridized carbons (Fsp3) is 0.600. The van der Waals surface area contributed by atoms with Crippen LogP contribution in [-0.4, -0.2) is 13.2 Å². The number of rotatable bonds is 3. The normalized spacial score (nSPS) is 29.3. The standard InChI is InChI=1S/C15H21NO/c1-11-9-17-13-6-4-3-5-12(13)14(11)16-10-15(2)7-8-15/h3-6,11,14,16H,7-10H2,1-2H3. The summed E-state index contributed by atoms with van der Waals surface area (Å²) in [5, 5.41) is 3.75. The molecule has 2 heteroatoms. The van der Waals surface area contributed by atoms with Crippen LogP contribution in [0.25, 0.3) is 0 Å². The molecule has 2 atom stereocenters. The van der Waals surface area contributed by atoms with Gasteiger partial charge in [-0.15, -0.1) is 0 Å². The minimum Gasteiger partial charge on any atom is -0.493 e. The van der Waals surface area contributed by atoms with Crippen LogP contribution >= 0.6 is 0 Å². The second-order valence-corrected chi connectivity index (χ2v) is 6.00. The lowest BCUT2D eigenvalue weighted by Gasteiger charge is -2.33. The Hall–Kier alpha value is -1.02. The van der Waals surface area contributed by atoms with Crippen LogP contribution in [0.3, 0.4) is 0 Å². The van der Waals surface area contributed by atoms with Crippen LogP contribution in [-0.2, 0) is 0 Å². The van der Waals surface area contributed by atoms with Gasteiger partial charge in [-0.2, -0.15) is 0 Å². The molecule has 1 aromatic rings. The molecule has 2 aliphatic rings. The molecular weight excluding hydrogens is 210 g/mol. The number of fused-ring (bicyclic) bond motifs is 1. The Morgan fingerprint density at radius 2 is 2.12 bits per heavy atom. The molecule has 0 radical (unpaired) electrons. The van der Waals surface area contributed by atoms with Gasteiger partial charge in [-0.05, 0) is 24.3 Å². The van der Waals surface area contributed by atoms with Gasteiger partial charge in [0.05, 0.1) is 6.61 Å². The van der Waals surface area contributed by atoms with Crippen LogP contribution < -0.4 is 10.1 Å². The van der Waals surface area contributed by atoms with E-state index in [4.69, 9.17) is 4.74 Å². The molecule has 1 aromatic carbocycles. The Morgan fingerprint density at radius 1 is 1.35 bits per heavy atom. The molecule has 0 amide bonds. The van der Waals surface area contributed by atoms with Crippen molar-refractivity contribution in [3.63, 3.8) is 0 Å². The SMILES string of the molecule is CC1COc2ccccc2C1NCC1(C)CC1. The van der Waals surface area contributed by atoms with Gasteiger partial charge in [0.25, 0.3) is 0 Å². The van der Waals surface area contributed by atoms with E-state index in [1.807, 2.05) is 6.07 Å². The maximum absolute atomic E-state index is 5.77. The summed E-state index contributed by atoms with van der Waals surface area (Å²) >= 11 is 0. The van der Waals surface area contributed by atoms with E-state index in [-0.39, 0.29) is 0 Å². The van der Waals surface area contributed by atoms with E-state index in [2.05, 4.69) is 37.4 Å². The molecule has 1 fully saturated rings. The highest BCUT2D eigenvalue weighted by Crippen LogP contribution is 2.45. The van der Waals surface area contributed by atoms with Crippen molar-refractivity contribution in [1.82, 2.24) is 5.32 Å². The van der Waals surface area contributed by atoms with E-state index in [0.717, 1.165) is 18.9 Å². The summed E-state index contributed by atoms with van der Waals surface area (Å²) in [6.45, 7) is 6.60. The molecule has 0 aromatic heterocycles. The maximum atomic E-state index is 5.77. The molecule has 92 valence electrons. The second kappa shape index (κ2) is 4.02. The second-order valence-electron chi connectivity index (χ2n) is 6.00. The highest BCUT2D eigenvalue weighted by molar-refractivity contribution is 5.37. The fourth-order valence-electron chi connectivity index (χ4n) is 2.55. The molecule has 0 bridgehead atoms. The van der Waals surface area contributed by atoms with E-state index >= 15 is 0 Å². The van der Waals surface area contributed by atoms with E-state index in [1.165, 1.54) is 18.4 Å². The largest absolute Gasteiger partial charge is 0.493 e. The Kier molecular flexibility index (Phi) is 2.62. The lowest BCUT2D eigenvalue weighted by atomic mass is 9.91. The van der Waals surface area contributed by atoms with E-state index in [9.17, 15) is 0 Å². The van der Waals surface area contributed by atoms with E-state index in [0.29, 0.717) is 17.4 Å². The van der Waals surface area contributed by atoms with Crippen LogP contribution in [0.4, 0.5) is 0 Å². The zero-order valence-corrected chi connectivity index (χ0v) is 10.7. The number of hydrogen-bond acceptors (Lipinski definition) is 2. The van der Waals surface area contributed by atoms with Crippen LogP contribution in [0.1, 0.15) is 38.3 Å². The van der Waals surface area contributed by atoms with Crippen molar-refractivity contribution in [3.05, 3.63) is 29.8 Å². The molecule has 3 rings (SSSR count).